The molecule has 0 saturated carbocycles. The number of rotatable bonds is 7. The molecule has 0 aliphatic carbocycles. The number of halogens is 1. The number of aliphatic imine (C=N–C) groups is 1. The highest BCUT2D eigenvalue weighted by Gasteiger charge is 2.22. The van der Waals surface area contributed by atoms with Gasteiger partial charge in [-0.15, -0.1) is 0 Å². The number of piperidine rings is 1. The van der Waals surface area contributed by atoms with Crippen molar-refractivity contribution in [3.8, 4) is 17.2 Å². The van der Waals surface area contributed by atoms with E-state index < -0.39 is 0 Å². The lowest BCUT2D eigenvalue weighted by molar-refractivity contribution is 0.339. The summed E-state index contributed by atoms with van der Waals surface area (Å²) in [5, 5.41) is 16.9. The van der Waals surface area contributed by atoms with Crippen molar-refractivity contribution >= 4 is 11.6 Å². The van der Waals surface area contributed by atoms with Crippen LogP contribution in [0.3, 0.4) is 0 Å². The summed E-state index contributed by atoms with van der Waals surface area (Å²) in [6.45, 7) is 6.88. The van der Waals surface area contributed by atoms with Crippen molar-refractivity contribution in [3.63, 3.8) is 0 Å². The van der Waals surface area contributed by atoms with Gasteiger partial charge in [-0.25, -0.2) is 9.38 Å². The number of phenols is 1. The summed E-state index contributed by atoms with van der Waals surface area (Å²) in [5.74, 6) is 1.20. The molecule has 7 nitrogen and oxygen atoms in total. The maximum absolute atomic E-state index is 13.5. The lowest BCUT2D eigenvalue weighted by atomic mass is 10.0. The normalized spacial score (nSPS) is 16.6. The van der Waals surface area contributed by atoms with Crippen LogP contribution in [-0.4, -0.2) is 51.0 Å². The van der Waals surface area contributed by atoms with Gasteiger partial charge in [0.15, 0.2) is 17.5 Å². The number of aryl methyl sites for hydroxylation is 1. The molecule has 0 radical (unpaired) electrons. The predicted molar refractivity (Wildman–Crippen MR) is 126 cm³/mol. The lowest BCUT2D eigenvalue weighted by Gasteiger charge is -2.36. The predicted octanol–water partition coefficient (Wildman–Crippen LogP) is 3.58. The van der Waals surface area contributed by atoms with E-state index in [9.17, 15) is 9.50 Å². The molecule has 1 fully saturated rings. The third-order valence-corrected chi connectivity index (χ3v) is 5.57. The molecule has 0 amide bonds. The SMILES string of the molecule is CCNC(=NCc1cc(OC)c(O)c(OC)c1)NC1CCCN(c2ccc(F)cc2C)C1. The molecule has 1 aliphatic heterocycles. The summed E-state index contributed by atoms with van der Waals surface area (Å²) in [6.07, 6.45) is 2.07. The number of methoxy groups -OCH3 is 2. The minimum absolute atomic E-state index is 0.0221. The van der Waals surface area contributed by atoms with Crippen LogP contribution in [0.15, 0.2) is 35.3 Å². The summed E-state index contributed by atoms with van der Waals surface area (Å²) < 4.78 is 24.0. The van der Waals surface area contributed by atoms with Crippen molar-refractivity contribution in [2.24, 2.45) is 4.99 Å². The highest BCUT2D eigenvalue weighted by atomic mass is 19.1. The minimum Gasteiger partial charge on any atom is -0.502 e. The second-order valence-corrected chi connectivity index (χ2v) is 7.90. The molecule has 174 valence electrons. The Labute approximate surface area is 189 Å². The van der Waals surface area contributed by atoms with E-state index in [2.05, 4.69) is 15.5 Å². The van der Waals surface area contributed by atoms with Crippen LogP contribution in [0.1, 0.15) is 30.9 Å². The van der Waals surface area contributed by atoms with E-state index in [1.165, 1.54) is 20.3 Å². The Kier molecular flexibility index (Phi) is 8.03. The molecular weight excluding hydrogens is 411 g/mol. The van der Waals surface area contributed by atoms with Gasteiger partial charge in [0.2, 0.25) is 5.75 Å². The fraction of sp³-hybridized carbons (Fsp3) is 0.458. The fourth-order valence-electron chi connectivity index (χ4n) is 4.01. The van der Waals surface area contributed by atoms with Crippen LogP contribution < -0.4 is 25.0 Å². The molecule has 2 aromatic carbocycles. The quantitative estimate of drug-likeness (QED) is 0.448. The van der Waals surface area contributed by atoms with Gasteiger partial charge in [-0.3, -0.25) is 0 Å². The first-order valence-electron chi connectivity index (χ1n) is 10.9. The Bertz CT molecular complexity index is 926. The zero-order valence-corrected chi connectivity index (χ0v) is 19.2. The van der Waals surface area contributed by atoms with Gasteiger partial charge in [0.05, 0.1) is 20.8 Å². The first-order valence-corrected chi connectivity index (χ1v) is 10.9. The van der Waals surface area contributed by atoms with E-state index in [1.54, 1.807) is 18.2 Å². The molecule has 1 heterocycles. The lowest BCUT2D eigenvalue weighted by Crippen LogP contribution is -2.51. The molecule has 2 aromatic rings. The van der Waals surface area contributed by atoms with Crippen molar-refractivity contribution in [1.82, 2.24) is 10.6 Å². The van der Waals surface area contributed by atoms with Gasteiger partial charge in [-0.05, 0) is 68.1 Å². The zero-order valence-electron chi connectivity index (χ0n) is 19.2. The van der Waals surface area contributed by atoms with Gasteiger partial charge < -0.3 is 30.1 Å². The molecule has 0 bridgehead atoms. The van der Waals surface area contributed by atoms with Crippen LogP contribution in [0.4, 0.5) is 10.1 Å². The average Bonchev–Trinajstić information content (AvgIpc) is 2.78. The maximum Gasteiger partial charge on any atom is 0.200 e. The van der Waals surface area contributed by atoms with E-state index in [1.807, 2.05) is 19.9 Å². The van der Waals surface area contributed by atoms with Gasteiger partial charge in [0, 0.05) is 31.4 Å². The molecule has 1 aliphatic rings. The van der Waals surface area contributed by atoms with Gasteiger partial charge in [0.1, 0.15) is 5.82 Å². The third kappa shape index (κ3) is 5.75. The van der Waals surface area contributed by atoms with Crippen molar-refractivity contribution in [1.29, 1.82) is 0 Å². The summed E-state index contributed by atoms with van der Waals surface area (Å²) in [6, 6.07) is 8.69. The summed E-state index contributed by atoms with van der Waals surface area (Å²) in [7, 11) is 3.01. The highest BCUT2D eigenvalue weighted by molar-refractivity contribution is 5.80. The first-order chi connectivity index (χ1) is 15.4. The molecule has 1 atom stereocenters. The summed E-state index contributed by atoms with van der Waals surface area (Å²) in [5.41, 5.74) is 2.88. The minimum atomic E-state index is -0.206. The second-order valence-electron chi connectivity index (χ2n) is 7.90. The van der Waals surface area contributed by atoms with Gasteiger partial charge in [0.25, 0.3) is 0 Å². The number of nitrogens with zero attached hydrogens (tertiary/aromatic N) is 2. The van der Waals surface area contributed by atoms with E-state index >= 15 is 0 Å². The number of guanidine groups is 1. The molecule has 1 saturated heterocycles. The number of anilines is 1. The number of hydrogen-bond donors (Lipinski definition) is 3. The number of ether oxygens (including phenoxy) is 2. The molecule has 0 aromatic heterocycles. The number of phenolic OH excluding ortho intramolecular Hbond substituents is 1. The first kappa shape index (κ1) is 23.5. The van der Waals surface area contributed by atoms with E-state index in [0.29, 0.717) is 18.0 Å². The van der Waals surface area contributed by atoms with E-state index in [0.717, 1.165) is 55.2 Å². The standard InChI is InChI=1S/C24H33FN4O3/c1-5-26-24(27-14-17-12-21(31-3)23(30)22(13-17)32-4)28-19-7-6-10-29(15-19)20-9-8-18(25)11-16(20)2/h8-9,11-13,19,30H,5-7,10,14-15H2,1-4H3,(H2,26,27,28). The fourth-order valence-corrected chi connectivity index (χ4v) is 4.01. The van der Waals surface area contributed by atoms with Crippen molar-refractivity contribution in [2.45, 2.75) is 39.3 Å². The maximum atomic E-state index is 13.5. The monoisotopic (exact) mass is 444 g/mol. The van der Waals surface area contributed by atoms with Crippen LogP contribution in [0.25, 0.3) is 0 Å². The molecule has 3 N–H and O–H groups in total. The second kappa shape index (κ2) is 10.9. The number of benzene rings is 2. The van der Waals surface area contributed by atoms with Crippen molar-refractivity contribution < 1.29 is 19.0 Å². The number of nitrogens with one attached hydrogen (secondary N) is 2. The van der Waals surface area contributed by atoms with Crippen LogP contribution >= 0.6 is 0 Å². The molecular formula is C24H33FN4O3. The Morgan fingerprint density at radius 2 is 1.94 bits per heavy atom. The Morgan fingerprint density at radius 3 is 2.56 bits per heavy atom. The van der Waals surface area contributed by atoms with E-state index in [-0.39, 0.29) is 17.6 Å². The Hall–Kier alpha value is -3.16. The Balaban J connectivity index is 1.71. The smallest absolute Gasteiger partial charge is 0.200 e. The average molecular weight is 445 g/mol. The van der Waals surface area contributed by atoms with Crippen molar-refractivity contribution in [3.05, 3.63) is 47.3 Å². The van der Waals surface area contributed by atoms with Crippen molar-refractivity contribution in [2.75, 3.05) is 38.8 Å². The van der Waals surface area contributed by atoms with E-state index in [4.69, 9.17) is 14.5 Å². The van der Waals surface area contributed by atoms with Gasteiger partial charge in [-0.2, -0.15) is 0 Å². The largest absolute Gasteiger partial charge is 0.502 e. The van der Waals surface area contributed by atoms with Gasteiger partial charge in [-0.1, -0.05) is 0 Å². The van der Waals surface area contributed by atoms with Crippen LogP contribution in [0, 0.1) is 12.7 Å². The van der Waals surface area contributed by atoms with Crippen LogP contribution in [0.5, 0.6) is 17.2 Å². The zero-order chi connectivity index (χ0) is 23.1. The third-order valence-electron chi connectivity index (χ3n) is 5.57. The summed E-state index contributed by atoms with van der Waals surface area (Å²) in [4.78, 5) is 7.02. The number of aromatic hydroxyl groups is 1. The topological polar surface area (TPSA) is 78.4 Å². The highest BCUT2D eigenvalue weighted by Crippen LogP contribution is 2.37. The Morgan fingerprint density at radius 1 is 1.22 bits per heavy atom. The molecule has 8 heteroatoms. The van der Waals surface area contributed by atoms with Gasteiger partial charge >= 0.3 is 0 Å². The van der Waals surface area contributed by atoms with Crippen LogP contribution in [0.2, 0.25) is 0 Å². The molecule has 0 spiro atoms. The molecule has 1 unspecified atom stereocenters. The number of hydrogen-bond acceptors (Lipinski definition) is 5. The summed E-state index contributed by atoms with van der Waals surface area (Å²) >= 11 is 0. The van der Waals surface area contributed by atoms with Crippen LogP contribution in [-0.2, 0) is 6.54 Å². The molecule has 32 heavy (non-hydrogen) atoms. The molecule has 3 rings (SSSR count).